The molecule has 0 bridgehead atoms. The van der Waals surface area contributed by atoms with E-state index in [1.54, 1.807) is 18.2 Å². The molecule has 0 aromatic heterocycles. The van der Waals surface area contributed by atoms with Crippen LogP contribution < -0.4 is 10.6 Å². The van der Waals surface area contributed by atoms with E-state index in [0.29, 0.717) is 28.7 Å². The van der Waals surface area contributed by atoms with Crippen LogP contribution in [0.3, 0.4) is 0 Å². The fourth-order valence-electron chi connectivity index (χ4n) is 2.17. The van der Waals surface area contributed by atoms with Crippen LogP contribution in [0.2, 0.25) is 10.0 Å². The lowest BCUT2D eigenvalue weighted by Crippen LogP contribution is -2.33. The molecule has 122 valence electrons. The molecule has 4 nitrogen and oxygen atoms in total. The Morgan fingerprint density at radius 1 is 1.09 bits per heavy atom. The van der Waals surface area contributed by atoms with Crippen molar-refractivity contribution in [3.8, 4) is 0 Å². The van der Waals surface area contributed by atoms with Crippen molar-refractivity contribution in [2.75, 3.05) is 18.5 Å². The monoisotopic (exact) mass is 352 g/mol. The van der Waals surface area contributed by atoms with Crippen LogP contribution in [0.15, 0.2) is 48.5 Å². The molecule has 1 atom stereocenters. The predicted molar refractivity (Wildman–Crippen MR) is 94.0 cm³/mol. The third-order valence-electron chi connectivity index (χ3n) is 3.21. The molecule has 23 heavy (non-hydrogen) atoms. The summed E-state index contributed by atoms with van der Waals surface area (Å²) in [4.78, 5) is 12.6. The van der Waals surface area contributed by atoms with Crippen LogP contribution in [0.4, 0.5) is 5.69 Å². The van der Waals surface area contributed by atoms with Crippen LogP contribution in [0, 0.1) is 0 Å². The number of nitrogens with one attached hydrogen (secondary N) is 2. The Morgan fingerprint density at radius 2 is 1.74 bits per heavy atom. The Hall–Kier alpha value is -1.59. The fourth-order valence-corrected chi connectivity index (χ4v) is 2.70. The first-order valence-electron chi connectivity index (χ1n) is 7.26. The minimum Gasteiger partial charge on any atom is -0.396 e. The lowest BCUT2D eigenvalue weighted by atomic mass is 10.1. The van der Waals surface area contributed by atoms with Crippen LogP contribution in [0.1, 0.15) is 18.0 Å². The normalized spacial score (nSPS) is 12.0. The van der Waals surface area contributed by atoms with E-state index < -0.39 is 6.04 Å². The highest BCUT2D eigenvalue weighted by atomic mass is 35.5. The summed E-state index contributed by atoms with van der Waals surface area (Å²) >= 11 is 11.9. The van der Waals surface area contributed by atoms with Gasteiger partial charge in [-0.25, -0.2) is 0 Å². The van der Waals surface area contributed by atoms with Gasteiger partial charge in [0.05, 0.1) is 0 Å². The molecule has 0 saturated heterocycles. The molecule has 0 spiro atoms. The summed E-state index contributed by atoms with van der Waals surface area (Å²) in [5.41, 5.74) is 1.38. The third kappa shape index (κ3) is 5.52. The van der Waals surface area contributed by atoms with E-state index in [0.717, 1.165) is 5.56 Å². The zero-order valence-electron chi connectivity index (χ0n) is 12.4. The van der Waals surface area contributed by atoms with Gasteiger partial charge in [-0.15, -0.1) is 0 Å². The van der Waals surface area contributed by atoms with Crippen LogP contribution in [-0.2, 0) is 4.79 Å². The summed E-state index contributed by atoms with van der Waals surface area (Å²) in [5, 5.41) is 15.8. The Labute approximate surface area is 145 Å². The molecule has 0 saturated carbocycles. The molecule has 0 unspecified atom stereocenters. The number of carbonyl (C=O) groups is 1. The Balaban J connectivity index is 2.15. The lowest BCUT2D eigenvalue weighted by Gasteiger charge is -2.19. The number of benzene rings is 2. The number of rotatable bonds is 7. The number of aliphatic hydroxyl groups is 1. The summed E-state index contributed by atoms with van der Waals surface area (Å²) in [6, 6.07) is 13.8. The highest BCUT2D eigenvalue weighted by Gasteiger charge is 2.20. The van der Waals surface area contributed by atoms with E-state index in [-0.39, 0.29) is 12.5 Å². The molecule has 0 fully saturated rings. The summed E-state index contributed by atoms with van der Waals surface area (Å²) in [6.07, 6.45) is 0.569. The molecule has 0 heterocycles. The van der Waals surface area contributed by atoms with Crippen molar-refractivity contribution in [3.63, 3.8) is 0 Å². The summed E-state index contributed by atoms with van der Waals surface area (Å²) in [7, 11) is 0. The molecule has 1 amide bonds. The minimum atomic E-state index is -0.527. The first-order chi connectivity index (χ1) is 11.1. The van der Waals surface area contributed by atoms with Gasteiger partial charge in [-0.3, -0.25) is 4.79 Å². The van der Waals surface area contributed by atoms with E-state index in [9.17, 15) is 4.79 Å². The molecular formula is C17H18Cl2N2O2. The topological polar surface area (TPSA) is 61.4 Å². The van der Waals surface area contributed by atoms with Crippen molar-refractivity contribution in [1.82, 2.24) is 5.32 Å². The van der Waals surface area contributed by atoms with Gasteiger partial charge < -0.3 is 15.7 Å². The minimum absolute atomic E-state index is 0.0695. The maximum absolute atomic E-state index is 12.6. The Kier molecular flexibility index (Phi) is 6.86. The number of amides is 1. The number of hydrogen-bond donors (Lipinski definition) is 3. The van der Waals surface area contributed by atoms with Gasteiger partial charge in [-0.05, 0) is 36.7 Å². The quantitative estimate of drug-likeness (QED) is 0.666. The van der Waals surface area contributed by atoms with Crippen molar-refractivity contribution in [3.05, 3.63) is 64.1 Å². The number of hydrogen-bond acceptors (Lipinski definition) is 3. The van der Waals surface area contributed by atoms with Crippen LogP contribution in [0.25, 0.3) is 0 Å². The highest BCUT2D eigenvalue weighted by Crippen LogP contribution is 2.23. The predicted octanol–water partition coefficient (Wildman–Crippen LogP) is 3.65. The van der Waals surface area contributed by atoms with Crippen molar-refractivity contribution in [1.29, 1.82) is 0 Å². The summed E-state index contributed by atoms with van der Waals surface area (Å²) in [5.74, 6) is -0.215. The van der Waals surface area contributed by atoms with E-state index in [1.165, 1.54) is 0 Å². The lowest BCUT2D eigenvalue weighted by molar-refractivity contribution is -0.118. The molecular weight excluding hydrogens is 335 g/mol. The maximum Gasteiger partial charge on any atom is 0.246 e. The van der Waals surface area contributed by atoms with Crippen LogP contribution >= 0.6 is 23.2 Å². The smallest absolute Gasteiger partial charge is 0.246 e. The van der Waals surface area contributed by atoms with Gasteiger partial charge in [0.25, 0.3) is 0 Å². The largest absolute Gasteiger partial charge is 0.396 e. The molecule has 3 N–H and O–H groups in total. The molecule has 0 aliphatic rings. The van der Waals surface area contributed by atoms with Gasteiger partial charge in [-0.1, -0.05) is 53.5 Å². The fraction of sp³-hybridized carbons (Fsp3) is 0.235. The first kappa shape index (κ1) is 17.8. The third-order valence-corrected chi connectivity index (χ3v) is 3.64. The van der Waals surface area contributed by atoms with E-state index in [2.05, 4.69) is 10.6 Å². The first-order valence-corrected chi connectivity index (χ1v) is 8.02. The van der Waals surface area contributed by atoms with E-state index in [4.69, 9.17) is 28.3 Å². The number of anilines is 1. The van der Waals surface area contributed by atoms with Gasteiger partial charge in [-0.2, -0.15) is 0 Å². The van der Waals surface area contributed by atoms with Crippen molar-refractivity contribution < 1.29 is 9.90 Å². The molecule has 2 aromatic rings. The summed E-state index contributed by atoms with van der Waals surface area (Å²) in [6.45, 7) is 0.597. The van der Waals surface area contributed by atoms with Gasteiger partial charge >= 0.3 is 0 Å². The van der Waals surface area contributed by atoms with Crippen molar-refractivity contribution in [2.45, 2.75) is 12.5 Å². The van der Waals surface area contributed by atoms with Crippen molar-refractivity contribution >= 4 is 34.8 Å². The zero-order chi connectivity index (χ0) is 16.7. The number of carbonyl (C=O) groups excluding carboxylic acids is 1. The second-order valence-electron chi connectivity index (χ2n) is 5.02. The average molecular weight is 353 g/mol. The summed E-state index contributed by atoms with van der Waals surface area (Å²) < 4.78 is 0. The van der Waals surface area contributed by atoms with Gasteiger partial charge in [0.2, 0.25) is 5.91 Å². The maximum atomic E-state index is 12.6. The van der Waals surface area contributed by atoms with Crippen LogP contribution in [-0.4, -0.2) is 24.2 Å². The van der Waals surface area contributed by atoms with Gasteiger partial charge in [0.15, 0.2) is 0 Å². The molecule has 0 aliphatic carbocycles. The standard InChI is InChI=1S/C17H18Cl2N2O2/c18-13-9-14(19)11-15(10-13)21-17(23)16(20-7-4-8-22)12-5-2-1-3-6-12/h1-3,5-6,9-11,16,20,22H,4,7-8H2,(H,21,23)/t16-/m1/s1. The van der Waals surface area contributed by atoms with Gasteiger partial charge in [0, 0.05) is 22.3 Å². The highest BCUT2D eigenvalue weighted by molar-refractivity contribution is 6.35. The number of halogens is 2. The number of aliphatic hydroxyl groups excluding tert-OH is 1. The van der Waals surface area contributed by atoms with Crippen LogP contribution in [0.5, 0.6) is 0 Å². The van der Waals surface area contributed by atoms with E-state index >= 15 is 0 Å². The molecule has 0 radical (unpaired) electrons. The molecule has 6 heteroatoms. The average Bonchev–Trinajstić information content (AvgIpc) is 2.51. The second kappa shape index (κ2) is 8.89. The molecule has 0 aliphatic heterocycles. The Bertz CT molecular complexity index is 630. The van der Waals surface area contributed by atoms with Gasteiger partial charge in [0.1, 0.15) is 6.04 Å². The van der Waals surface area contributed by atoms with E-state index in [1.807, 2.05) is 30.3 Å². The second-order valence-corrected chi connectivity index (χ2v) is 5.90. The van der Waals surface area contributed by atoms with Crippen molar-refractivity contribution in [2.24, 2.45) is 0 Å². The Morgan fingerprint density at radius 3 is 2.35 bits per heavy atom. The molecule has 2 rings (SSSR count). The zero-order valence-corrected chi connectivity index (χ0v) is 13.9. The molecule has 2 aromatic carbocycles. The SMILES string of the molecule is O=C(Nc1cc(Cl)cc(Cl)c1)[C@H](NCCCO)c1ccccc1.